The van der Waals surface area contributed by atoms with Crippen LogP contribution in [-0.2, 0) is 23.9 Å². The van der Waals surface area contributed by atoms with Crippen molar-refractivity contribution < 1.29 is 23.9 Å². The van der Waals surface area contributed by atoms with Crippen LogP contribution in [0.5, 0.6) is 0 Å². The highest BCUT2D eigenvalue weighted by atomic mass is 16.5. The third-order valence-corrected chi connectivity index (χ3v) is 2.33. The molecule has 1 aliphatic rings. The van der Waals surface area contributed by atoms with Gasteiger partial charge in [0.1, 0.15) is 6.61 Å². The van der Waals surface area contributed by atoms with E-state index in [0.717, 1.165) is 18.6 Å². The summed E-state index contributed by atoms with van der Waals surface area (Å²) in [6.07, 6.45) is 3.41. The maximum atomic E-state index is 11.2. The molecular formula is C11H15NO5. The van der Waals surface area contributed by atoms with Crippen molar-refractivity contribution in [2.75, 3.05) is 26.8 Å². The van der Waals surface area contributed by atoms with E-state index in [9.17, 15) is 14.4 Å². The number of esters is 2. The van der Waals surface area contributed by atoms with Gasteiger partial charge in [-0.3, -0.25) is 4.79 Å². The van der Waals surface area contributed by atoms with Crippen LogP contribution in [-0.4, -0.2) is 49.6 Å². The number of amides is 1. The van der Waals surface area contributed by atoms with Crippen molar-refractivity contribution in [3.8, 4) is 0 Å². The standard InChI is InChI=1S/C11H15NO5/c1-16-10(14)4-5-11(15)17-8-7-12-6-2-3-9(12)13/h4-5H,2-3,6-8H2,1H3. The quantitative estimate of drug-likeness (QED) is 0.495. The molecule has 6 heteroatoms. The summed E-state index contributed by atoms with van der Waals surface area (Å²) >= 11 is 0. The van der Waals surface area contributed by atoms with Gasteiger partial charge in [-0.05, 0) is 6.42 Å². The van der Waals surface area contributed by atoms with Gasteiger partial charge in [0.2, 0.25) is 5.91 Å². The first-order chi connectivity index (χ1) is 8.13. The second kappa shape index (κ2) is 6.67. The van der Waals surface area contributed by atoms with E-state index in [1.807, 2.05) is 0 Å². The summed E-state index contributed by atoms with van der Waals surface area (Å²) in [4.78, 5) is 34.6. The summed E-state index contributed by atoms with van der Waals surface area (Å²) < 4.78 is 9.13. The van der Waals surface area contributed by atoms with Crippen molar-refractivity contribution in [1.82, 2.24) is 4.90 Å². The molecule has 0 aromatic carbocycles. The fourth-order valence-corrected chi connectivity index (χ4v) is 1.45. The number of likely N-dealkylation sites (tertiary alicyclic amines) is 1. The third kappa shape index (κ3) is 4.67. The molecule has 0 aromatic heterocycles. The largest absolute Gasteiger partial charge is 0.466 e. The van der Waals surface area contributed by atoms with Crippen LogP contribution in [0.1, 0.15) is 12.8 Å². The Labute approximate surface area is 99.2 Å². The molecule has 0 unspecified atom stereocenters. The Hall–Kier alpha value is -1.85. The van der Waals surface area contributed by atoms with Crippen LogP contribution in [0, 0.1) is 0 Å². The van der Waals surface area contributed by atoms with Gasteiger partial charge in [0, 0.05) is 25.1 Å². The summed E-state index contributed by atoms with van der Waals surface area (Å²) in [7, 11) is 1.22. The fourth-order valence-electron chi connectivity index (χ4n) is 1.45. The molecule has 0 radical (unpaired) electrons. The molecule has 1 fully saturated rings. The number of hydrogen-bond donors (Lipinski definition) is 0. The highest BCUT2D eigenvalue weighted by molar-refractivity contribution is 5.91. The fraction of sp³-hybridized carbons (Fsp3) is 0.545. The number of hydrogen-bond acceptors (Lipinski definition) is 5. The minimum atomic E-state index is -0.623. The lowest BCUT2D eigenvalue weighted by Gasteiger charge is -2.14. The van der Waals surface area contributed by atoms with Crippen molar-refractivity contribution in [1.29, 1.82) is 0 Å². The van der Waals surface area contributed by atoms with Crippen molar-refractivity contribution >= 4 is 17.8 Å². The summed E-state index contributed by atoms with van der Waals surface area (Å²) in [6.45, 7) is 1.25. The van der Waals surface area contributed by atoms with Crippen LogP contribution in [0.4, 0.5) is 0 Å². The average molecular weight is 241 g/mol. The Kier molecular flexibility index (Phi) is 5.19. The molecule has 0 atom stereocenters. The van der Waals surface area contributed by atoms with Crippen LogP contribution in [0.2, 0.25) is 0 Å². The Morgan fingerprint density at radius 1 is 1.35 bits per heavy atom. The van der Waals surface area contributed by atoms with Crippen LogP contribution in [0.25, 0.3) is 0 Å². The van der Waals surface area contributed by atoms with Crippen molar-refractivity contribution in [2.24, 2.45) is 0 Å². The van der Waals surface area contributed by atoms with E-state index in [4.69, 9.17) is 4.74 Å². The van der Waals surface area contributed by atoms with Gasteiger partial charge in [0.05, 0.1) is 13.7 Å². The molecule has 0 bridgehead atoms. The SMILES string of the molecule is COC(=O)C=CC(=O)OCCN1CCCC1=O. The number of rotatable bonds is 5. The van der Waals surface area contributed by atoms with Crippen molar-refractivity contribution in [3.05, 3.63) is 12.2 Å². The zero-order chi connectivity index (χ0) is 12.7. The Balaban J connectivity index is 2.18. The third-order valence-electron chi connectivity index (χ3n) is 2.33. The Morgan fingerprint density at radius 3 is 2.65 bits per heavy atom. The molecule has 6 nitrogen and oxygen atoms in total. The molecule has 0 saturated carbocycles. The second-order valence-corrected chi connectivity index (χ2v) is 3.51. The van der Waals surface area contributed by atoms with E-state index in [1.165, 1.54) is 7.11 Å². The predicted molar refractivity (Wildman–Crippen MR) is 57.9 cm³/mol. The van der Waals surface area contributed by atoms with Crippen LogP contribution < -0.4 is 0 Å². The van der Waals surface area contributed by atoms with E-state index >= 15 is 0 Å². The molecule has 0 aliphatic carbocycles. The molecule has 94 valence electrons. The van der Waals surface area contributed by atoms with Gasteiger partial charge >= 0.3 is 11.9 Å². The van der Waals surface area contributed by atoms with Gasteiger partial charge in [-0.2, -0.15) is 0 Å². The first-order valence-corrected chi connectivity index (χ1v) is 5.34. The molecule has 1 saturated heterocycles. The maximum Gasteiger partial charge on any atom is 0.331 e. The molecule has 1 aliphatic heterocycles. The van der Waals surface area contributed by atoms with E-state index in [0.29, 0.717) is 19.5 Å². The summed E-state index contributed by atoms with van der Waals surface area (Å²) in [5.41, 5.74) is 0. The van der Waals surface area contributed by atoms with Gasteiger partial charge < -0.3 is 14.4 Å². The predicted octanol–water partition coefficient (Wildman–Crippen LogP) is -0.119. The minimum Gasteiger partial charge on any atom is -0.466 e. The summed E-state index contributed by atoms with van der Waals surface area (Å²) in [6, 6.07) is 0. The van der Waals surface area contributed by atoms with E-state index in [-0.39, 0.29) is 12.5 Å². The van der Waals surface area contributed by atoms with Gasteiger partial charge in [-0.25, -0.2) is 9.59 Å². The highest BCUT2D eigenvalue weighted by Gasteiger charge is 2.19. The smallest absolute Gasteiger partial charge is 0.331 e. The summed E-state index contributed by atoms with van der Waals surface area (Å²) in [5.74, 6) is -1.15. The van der Waals surface area contributed by atoms with E-state index in [2.05, 4.69) is 4.74 Å². The normalized spacial score (nSPS) is 15.4. The number of ether oxygens (including phenoxy) is 2. The zero-order valence-corrected chi connectivity index (χ0v) is 9.68. The number of methoxy groups -OCH3 is 1. The monoisotopic (exact) mass is 241 g/mol. The molecular weight excluding hydrogens is 226 g/mol. The number of nitrogens with zero attached hydrogens (tertiary/aromatic N) is 1. The Morgan fingerprint density at radius 2 is 2.06 bits per heavy atom. The lowest BCUT2D eigenvalue weighted by Crippen LogP contribution is -2.29. The van der Waals surface area contributed by atoms with Gasteiger partial charge in [-0.1, -0.05) is 0 Å². The van der Waals surface area contributed by atoms with Crippen LogP contribution in [0.3, 0.4) is 0 Å². The van der Waals surface area contributed by atoms with Gasteiger partial charge in [0.25, 0.3) is 0 Å². The zero-order valence-electron chi connectivity index (χ0n) is 9.68. The first kappa shape index (κ1) is 13.2. The molecule has 17 heavy (non-hydrogen) atoms. The van der Waals surface area contributed by atoms with Crippen molar-refractivity contribution in [3.63, 3.8) is 0 Å². The van der Waals surface area contributed by atoms with Gasteiger partial charge in [0.15, 0.2) is 0 Å². The molecule has 0 spiro atoms. The number of carbonyl (C=O) groups is 3. The van der Waals surface area contributed by atoms with Gasteiger partial charge in [-0.15, -0.1) is 0 Å². The second-order valence-electron chi connectivity index (χ2n) is 3.51. The molecule has 1 amide bonds. The van der Waals surface area contributed by atoms with E-state index < -0.39 is 11.9 Å². The lowest BCUT2D eigenvalue weighted by atomic mass is 10.4. The first-order valence-electron chi connectivity index (χ1n) is 5.34. The van der Waals surface area contributed by atoms with Crippen LogP contribution in [0.15, 0.2) is 12.2 Å². The highest BCUT2D eigenvalue weighted by Crippen LogP contribution is 2.08. The molecule has 0 N–H and O–H groups in total. The van der Waals surface area contributed by atoms with Crippen molar-refractivity contribution in [2.45, 2.75) is 12.8 Å². The lowest BCUT2D eigenvalue weighted by molar-refractivity contribution is -0.140. The van der Waals surface area contributed by atoms with E-state index in [1.54, 1.807) is 4.90 Å². The number of carbonyl (C=O) groups excluding carboxylic acids is 3. The summed E-state index contributed by atoms with van der Waals surface area (Å²) in [5, 5.41) is 0. The minimum absolute atomic E-state index is 0.0890. The maximum absolute atomic E-state index is 11.2. The average Bonchev–Trinajstić information content (AvgIpc) is 2.72. The molecule has 0 aromatic rings. The molecule has 1 heterocycles. The molecule has 1 rings (SSSR count). The topological polar surface area (TPSA) is 72.9 Å². The van der Waals surface area contributed by atoms with Crippen LogP contribution >= 0.6 is 0 Å². The Bertz CT molecular complexity index is 337.